The summed E-state index contributed by atoms with van der Waals surface area (Å²) in [7, 11) is 0. The van der Waals surface area contributed by atoms with Gasteiger partial charge in [0.15, 0.2) is 5.72 Å². The molecule has 1 aromatic heterocycles. The van der Waals surface area contributed by atoms with Gasteiger partial charge in [0, 0.05) is 45.0 Å². The third kappa shape index (κ3) is 1.59. The third-order valence-corrected chi connectivity index (χ3v) is 6.11. The van der Waals surface area contributed by atoms with Crippen LogP contribution in [0.2, 0.25) is 0 Å². The van der Waals surface area contributed by atoms with Crippen molar-refractivity contribution >= 4 is 39.0 Å². The summed E-state index contributed by atoms with van der Waals surface area (Å²) in [4.78, 5) is 6.68. The lowest BCUT2D eigenvalue weighted by molar-refractivity contribution is -0.0142. The van der Waals surface area contributed by atoms with E-state index in [2.05, 4.69) is 70.5 Å². The average Bonchev–Trinajstić information content (AvgIpc) is 3.34. The van der Waals surface area contributed by atoms with E-state index in [0.29, 0.717) is 6.61 Å². The van der Waals surface area contributed by atoms with Crippen LogP contribution in [0.25, 0.3) is 21.8 Å². The van der Waals surface area contributed by atoms with Crippen LogP contribution in [0, 0.1) is 0 Å². The van der Waals surface area contributed by atoms with Gasteiger partial charge in [0.1, 0.15) is 4.99 Å². The lowest BCUT2D eigenvalue weighted by Gasteiger charge is -2.33. The van der Waals surface area contributed by atoms with Crippen molar-refractivity contribution in [1.82, 2.24) is 9.88 Å². The predicted molar refractivity (Wildman–Crippen MR) is 107 cm³/mol. The summed E-state index contributed by atoms with van der Waals surface area (Å²) < 4.78 is 6.50. The van der Waals surface area contributed by atoms with E-state index in [4.69, 9.17) is 17.0 Å². The van der Waals surface area contributed by atoms with Gasteiger partial charge in [-0.25, -0.2) is 0 Å². The second kappa shape index (κ2) is 4.93. The number of aromatic nitrogens is 1. The number of para-hydroxylation sites is 1. The largest absolute Gasteiger partial charge is 0.354 e. The number of rotatable bonds is 1. The highest BCUT2D eigenvalue weighted by atomic mass is 32.1. The first kappa shape index (κ1) is 14.5. The Morgan fingerprint density at radius 2 is 1.65 bits per heavy atom. The van der Waals surface area contributed by atoms with Crippen LogP contribution in [0.4, 0.5) is 0 Å². The van der Waals surface area contributed by atoms with Crippen molar-refractivity contribution in [3.05, 3.63) is 83.4 Å². The zero-order chi connectivity index (χ0) is 17.3. The van der Waals surface area contributed by atoms with Crippen LogP contribution in [0.1, 0.15) is 16.7 Å². The van der Waals surface area contributed by atoms with E-state index in [-0.39, 0.29) is 0 Å². The van der Waals surface area contributed by atoms with Crippen molar-refractivity contribution in [2.45, 2.75) is 5.72 Å². The van der Waals surface area contributed by atoms with Crippen molar-refractivity contribution in [2.75, 3.05) is 13.2 Å². The molecule has 4 heteroatoms. The molecule has 0 spiro atoms. The van der Waals surface area contributed by atoms with Gasteiger partial charge in [0.25, 0.3) is 0 Å². The second-order valence-corrected chi connectivity index (χ2v) is 7.28. The first-order chi connectivity index (χ1) is 12.8. The van der Waals surface area contributed by atoms with E-state index in [1.165, 1.54) is 10.8 Å². The molecular formula is C22H16N2OS. The Labute approximate surface area is 156 Å². The summed E-state index contributed by atoms with van der Waals surface area (Å²) >= 11 is 5.82. The maximum Gasteiger partial charge on any atom is 0.196 e. The first-order valence-electron chi connectivity index (χ1n) is 8.86. The summed E-state index contributed by atoms with van der Waals surface area (Å²) in [5.41, 5.74) is 5.07. The van der Waals surface area contributed by atoms with E-state index in [1.54, 1.807) is 0 Å². The van der Waals surface area contributed by atoms with Crippen LogP contribution >= 0.6 is 12.2 Å². The van der Waals surface area contributed by atoms with Crippen molar-refractivity contribution in [2.24, 2.45) is 0 Å². The molecule has 126 valence electrons. The molecule has 1 N–H and O–H groups in total. The molecule has 0 saturated carbocycles. The zero-order valence-electron chi connectivity index (χ0n) is 14.0. The molecule has 2 aliphatic heterocycles. The van der Waals surface area contributed by atoms with E-state index >= 15 is 0 Å². The number of benzene rings is 3. The fourth-order valence-electron chi connectivity index (χ4n) is 4.65. The molecular weight excluding hydrogens is 340 g/mol. The van der Waals surface area contributed by atoms with Crippen LogP contribution in [0.5, 0.6) is 0 Å². The van der Waals surface area contributed by atoms with Crippen molar-refractivity contribution < 1.29 is 4.74 Å². The minimum absolute atomic E-state index is 0.627. The summed E-state index contributed by atoms with van der Waals surface area (Å²) in [6.45, 7) is 1.49. The Hall–Kier alpha value is -2.69. The van der Waals surface area contributed by atoms with Gasteiger partial charge in [-0.05, 0) is 12.1 Å². The second-order valence-electron chi connectivity index (χ2n) is 6.89. The number of nitrogens with one attached hydrogen (secondary N) is 1. The number of H-pyrrole nitrogens is 1. The number of nitrogens with zero attached hydrogens (tertiary/aromatic N) is 1. The van der Waals surface area contributed by atoms with Gasteiger partial charge in [-0.3, -0.25) is 0 Å². The van der Waals surface area contributed by atoms with Crippen molar-refractivity contribution in [3.8, 4) is 0 Å². The van der Waals surface area contributed by atoms with E-state index in [9.17, 15) is 0 Å². The van der Waals surface area contributed by atoms with Gasteiger partial charge in [-0.2, -0.15) is 0 Å². The number of aromatic amines is 1. The molecule has 6 rings (SSSR count). The Balaban J connectivity index is 1.77. The SMILES string of the molecule is S=C1c2ccccc2C2(c3cccc4[nH]c5ccccc5c34)OCCN12. The lowest BCUT2D eigenvalue weighted by Crippen LogP contribution is -2.40. The molecule has 1 unspecified atom stereocenters. The molecule has 3 heterocycles. The van der Waals surface area contributed by atoms with E-state index < -0.39 is 5.72 Å². The summed E-state index contributed by atoms with van der Waals surface area (Å²) in [6, 6.07) is 23.3. The molecule has 3 nitrogen and oxygen atoms in total. The van der Waals surface area contributed by atoms with E-state index in [0.717, 1.165) is 39.3 Å². The maximum absolute atomic E-state index is 6.50. The summed E-state index contributed by atoms with van der Waals surface area (Å²) in [5.74, 6) is 0. The molecule has 1 saturated heterocycles. The molecule has 0 amide bonds. The topological polar surface area (TPSA) is 28.3 Å². The monoisotopic (exact) mass is 356 g/mol. The minimum atomic E-state index is -0.627. The van der Waals surface area contributed by atoms with Crippen LogP contribution in [-0.2, 0) is 10.5 Å². The van der Waals surface area contributed by atoms with Gasteiger partial charge in [0.2, 0.25) is 0 Å². The van der Waals surface area contributed by atoms with Gasteiger partial charge in [-0.15, -0.1) is 0 Å². The molecule has 0 aliphatic carbocycles. The van der Waals surface area contributed by atoms with Gasteiger partial charge in [-0.1, -0.05) is 66.8 Å². The number of hydrogen-bond acceptors (Lipinski definition) is 2. The fourth-order valence-corrected chi connectivity index (χ4v) is 5.05. The first-order valence-corrected chi connectivity index (χ1v) is 9.27. The predicted octanol–water partition coefficient (Wildman–Crippen LogP) is 4.54. The Morgan fingerprint density at radius 3 is 2.62 bits per heavy atom. The lowest BCUT2D eigenvalue weighted by atomic mass is 9.90. The standard InChI is InChI=1S/C22H16N2OS/c26-21-14-6-1-3-8-16(14)22(24(21)12-13-25-22)17-9-5-11-19-20(17)15-7-2-4-10-18(15)23-19/h1-11,23H,12-13H2. The molecule has 1 atom stereocenters. The number of thiocarbonyl (C=S) groups is 1. The molecule has 2 aliphatic rings. The molecule has 3 aromatic carbocycles. The van der Waals surface area contributed by atoms with Crippen LogP contribution in [-0.4, -0.2) is 28.0 Å². The summed E-state index contributed by atoms with van der Waals surface area (Å²) in [6.07, 6.45) is 0. The molecule has 4 aromatic rings. The molecule has 0 radical (unpaired) electrons. The smallest absolute Gasteiger partial charge is 0.196 e. The van der Waals surface area contributed by atoms with Crippen molar-refractivity contribution in [3.63, 3.8) is 0 Å². The highest BCUT2D eigenvalue weighted by Crippen LogP contribution is 2.50. The number of ether oxygens (including phenoxy) is 1. The number of fused-ring (bicyclic) bond motifs is 6. The Kier molecular flexibility index (Phi) is 2.75. The number of hydrogen-bond donors (Lipinski definition) is 1. The maximum atomic E-state index is 6.50. The zero-order valence-corrected chi connectivity index (χ0v) is 14.8. The van der Waals surface area contributed by atoms with E-state index in [1.807, 2.05) is 6.07 Å². The summed E-state index contributed by atoms with van der Waals surface area (Å²) in [5, 5.41) is 2.44. The van der Waals surface area contributed by atoms with Crippen LogP contribution in [0.15, 0.2) is 66.7 Å². The highest BCUT2D eigenvalue weighted by Gasteiger charge is 2.54. The van der Waals surface area contributed by atoms with Crippen LogP contribution in [0.3, 0.4) is 0 Å². The van der Waals surface area contributed by atoms with Gasteiger partial charge >= 0.3 is 0 Å². The highest BCUT2D eigenvalue weighted by molar-refractivity contribution is 7.80. The minimum Gasteiger partial charge on any atom is -0.354 e. The van der Waals surface area contributed by atoms with Gasteiger partial charge < -0.3 is 14.6 Å². The van der Waals surface area contributed by atoms with Crippen molar-refractivity contribution in [1.29, 1.82) is 0 Å². The van der Waals surface area contributed by atoms with Gasteiger partial charge in [0.05, 0.1) is 6.61 Å². The Morgan fingerprint density at radius 1 is 0.885 bits per heavy atom. The molecule has 26 heavy (non-hydrogen) atoms. The fraction of sp³-hybridized carbons (Fsp3) is 0.136. The Bertz CT molecular complexity index is 1210. The third-order valence-electron chi connectivity index (χ3n) is 5.67. The van der Waals surface area contributed by atoms with Crippen LogP contribution < -0.4 is 0 Å². The molecule has 1 fully saturated rings. The normalized spacial score (nSPS) is 21.5. The quantitative estimate of drug-likeness (QED) is 0.508. The average molecular weight is 356 g/mol. The molecule has 0 bridgehead atoms.